The molecule has 2 aromatic rings. The van der Waals surface area contributed by atoms with Crippen LogP contribution in [0.25, 0.3) is 0 Å². The van der Waals surface area contributed by atoms with Crippen LogP contribution in [0.1, 0.15) is 18.6 Å². The molecule has 1 aliphatic heterocycles. The normalized spacial score (nSPS) is 26.0. The molecule has 0 spiro atoms. The van der Waals surface area contributed by atoms with Crippen LogP contribution in [0.3, 0.4) is 0 Å². The van der Waals surface area contributed by atoms with Crippen molar-refractivity contribution in [2.45, 2.75) is 29.0 Å². The van der Waals surface area contributed by atoms with Gasteiger partial charge in [-0.2, -0.15) is 4.98 Å². The Balaban J connectivity index is 1.68. The first-order valence-corrected chi connectivity index (χ1v) is 7.51. The van der Waals surface area contributed by atoms with Crippen LogP contribution in [-0.4, -0.2) is 29.4 Å². The van der Waals surface area contributed by atoms with Gasteiger partial charge in [0.25, 0.3) is 0 Å². The monoisotopic (exact) mass is 291 g/mol. The molecule has 6 heteroatoms. The number of nitrogens with two attached hydrogens (primary N) is 1. The molecular weight excluding hydrogens is 274 g/mol. The second-order valence-electron chi connectivity index (χ2n) is 5.16. The third-order valence-electron chi connectivity index (χ3n) is 3.59. The Labute approximate surface area is 121 Å². The maximum Gasteiger partial charge on any atom is 0.236 e. The van der Waals surface area contributed by atoms with Crippen molar-refractivity contribution in [1.82, 2.24) is 10.1 Å². The fraction of sp³-hybridized carbons (Fsp3) is 0.429. The molecule has 0 aliphatic carbocycles. The highest BCUT2D eigenvalue weighted by Crippen LogP contribution is 2.31. The topological polar surface area (TPSA) is 74.2 Å². The summed E-state index contributed by atoms with van der Waals surface area (Å²) in [5.41, 5.74) is 5.69. The minimum Gasteiger partial charge on any atom is -0.379 e. The molecule has 2 atom stereocenters. The summed E-state index contributed by atoms with van der Waals surface area (Å²) in [4.78, 5) is 5.66. The lowest BCUT2D eigenvalue weighted by Crippen LogP contribution is -2.42. The number of ether oxygens (including phenoxy) is 1. The molecule has 3 rings (SSSR count). The van der Waals surface area contributed by atoms with E-state index >= 15 is 0 Å². The van der Waals surface area contributed by atoms with E-state index in [0.717, 1.165) is 0 Å². The van der Waals surface area contributed by atoms with Crippen molar-refractivity contribution in [2.75, 3.05) is 13.2 Å². The van der Waals surface area contributed by atoms with Gasteiger partial charge < -0.3 is 15.0 Å². The molecule has 106 valence electrons. The Bertz CT molecular complexity index is 575. The Morgan fingerprint density at radius 3 is 2.90 bits per heavy atom. The van der Waals surface area contributed by atoms with Crippen molar-refractivity contribution in [1.29, 1.82) is 0 Å². The fourth-order valence-electron chi connectivity index (χ4n) is 2.12. The van der Waals surface area contributed by atoms with Gasteiger partial charge in [-0.3, -0.25) is 0 Å². The molecule has 2 unspecified atom stereocenters. The molecule has 5 nitrogen and oxygen atoms in total. The van der Waals surface area contributed by atoms with Gasteiger partial charge in [0.15, 0.2) is 5.82 Å². The summed E-state index contributed by atoms with van der Waals surface area (Å²) in [6.45, 7) is 3.07. The number of hydrogen-bond donors (Lipinski definition) is 1. The molecular formula is C14H17N3O2S. The van der Waals surface area contributed by atoms with Crippen LogP contribution in [0.2, 0.25) is 0 Å². The summed E-state index contributed by atoms with van der Waals surface area (Å²) in [5, 5.41) is 4.04. The van der Waals surface area contributed by atoms with E-state index < -0.39 is 0 Å². The highest BCUT2D eigenvalue weighted by molar-refractivity contribution is 7.98. The Morgan fingerprint density at radius 1 is 1.40 bits per heavy atom. The van der Waals surface area contributed by atoms with Crippen molar-refractivity contribution in [3.05, 3.63) is 42.0 Å². The molecule has 0 amide bonds. The van der Waals surface area contributed by atoms with Gasteiger partial charge in [-0.05, 0) is 19.1 Å². The summed E-state index contributed by atoms with van der Waals surface area (Å²) in [6.07, 6.45) is 0. The van der Waals surface area contributed by atoms with Gasteiger partial charge >= 0.3 is 0 Å². The zero-order chi connectivity index (χ0) is 14.0. The van der Waals surface area contributed by atoms with Crippen molar-refractivity contribution >= 4 is 11.8 Å². The zero-order valence-electron chi connectivity index (χ0n) is 11.3. The van der Waals surface area contributed by atoms with Gasteiger partial charge in [0.2, 0.25) is 5.89 Å². The molecule has 20 heavy (non-hydrogen) atoms. The van der Waals surface area contributed by atoms with E-state index in [9.17, 15) is 0 Å². The minimum absolute atomic E-state index is 0.0995. The smallest absolute Gasteiger partial charge is 0.236 e. The first kappa shape index (κ1) is 13.6. The maximum atomic E-state index is 6.06. The second kappa shape index (κ2) is 5.55. The van der Waals surface area contributed by atoms with Crippen LogP contribution >= 0.6 is 11.8 Å². The summed E-state index contributed by atoms with van der Waals surface area (Å²) in [5.74, 6) is 1.94. The molecule has 0 bridgehead atoms. The standard InChI is InChI=1S/C14H17N3O2S/c1-14(9-18-7-11(14)15)13-16-12(17-19-13)8-20-10-5-3-2-4-6-10/h2-6,11H,7-9,15H2,1H3. The largest absolute Gasteiger partial charge is 0.379 e. The summed E-state index contributed by atoms with van der Waals surface area (Å²) in [6, 6.07) is 10.1. The lowest BCUT2D eigenvalue weighted by molar-refractivity contribution is 0.169. The predicted molar refractivity (Wildman–Crippen MR) is 76.4 cm³/mol. The first-order chi connectivity index (χ1) is 9.68. The van der Waals surface area contributed by atoms with Gasteiger partial charge in [-0.1, -0.05) is 23.4 Å². The molecule has 1 aliphatic rings. The zero-order valence-corrected chi connectivity index (χ0v) is 12.1. The van der Waals surface area contributed by atoms with Gasteiger partial charge in [-0.15, -0.1) is 11.8 Å². The Hall–Kier alpha value is -1.37. The Kier molecular flexibility index (Phi) is 3.78. The van der Waals surface area contributed by atoms with E-state index in [1.807, 2.05) is 25.1 Å². The average molecular weight is 291 g/mol. The number of aromatic nitrogens is 2. The van der Waals surface area contributed by atoms with E-state index in [0.29, 0.717) is 30.7 Å². The lowest BCUT2D eigenvalue weighted by atomic mass is 9.86. The Morgan fingerprint density at radius 2 is 2.20 bits per heavy atom. The molecule has 1 fully saturated rings. The maximum absolute atomic E-state index is 6.06. The summed E-state index contributed by atoms with van der Waals surface area (Å²) >= 11 is 1.68. The molecule has 0 saturated carbocycles. The number of hydrogen-bond acceptors (Lipinski definition) is 6. The van der Waals surface area contributed by atoms with Gasteiger partial charge in [0.05, 0.1) is 24.4 Å². The van der Waals surface area contributed by atoms with Crippen LogP contribution < -0.4 is 5.73 Å². The number of thioether (sulfide) groups is 1. The molecule has 1 aromatic carbocycles. The average Bonchev–Trinajstić information content (AvgIpc) is 3.07. The second-order valence-corrected chi connectivity index (χ2v) is 6.21. The number of nitrogens with zero attached hydrogens (tertiary/aromatic N) is 2. The highest BCUT2D eigenvalue weighted by atomic mass is 32.2. The van der Waals surface area contributed by atoms with Crippen LogP contribution in [-0.2, 0) is 15.9 Å². The van der Waals surface area contributed by atoms with Crippen LogP contribution in [0, 0.1) is 0 Å². The molecule has 2 N–H and O–H groups in total. The van der Waals surface area contributed by atoms with Gasteiger partial charge in [0, 0.05) is 10.9 Å². The summed E-state index contributed by atoms with van der Waals surface area (Å²) < 4.78 is 10.8. The van der Waals surface area contributed by atoms with Crippen molar-refractivity contribution in [2.24, 2.45) is 5.73 Å². The molecule has 2 heterocycles. The fourth-order valence-corrected chi connectivity index (χ4v) is 2.88. The minimum atomic E-state index is -0.372. The molecule has 1 aromatic heterocycles. The van der Waals surface area contributed by atoms with Gasteiger partial charge in [-0.25, -0.2) is 0 Å². The SMILES string of the molecule is CC1(c2nc(CSc3ccccc3)no2)COCC1N. The quantitative estimate of drug-likeness (QED) is 0.868. The number of benzene rings is 1. The van der Waals surface area contributed by atoms with Crippen LogP contribution in [0.4, 0.5) is 0 Å². The summed E-state index contributed by atoms with van der Waals surface area (Å²) in [7, 11) is 0. The van der Waals surface area contributed by atoms with E-state index in [1.165, 1.54) is 4.90 Å². The van der Waals surface area contributed by atoms with Crippen molar-refractivity contribution in [3.63, 3.8) is 0 Å². The van der Waals surface area contributed by atoms with Crippen LogP contribution in [0.15, 0.2) is 39.8 Å². The third kappa shape index (κ3) is 2.59. The van der Waals surface area contributed by atoms with Crippen LogP contribution in [0.5, 0.6) is 0 Å². The van der Waals surface area contributed by atoms with E-state index in [4.69, 9.17) is 15.0 Å². The highest BCUT2D eigenvalue weighted by Gasteiger charge is 2.44. The van der Waals surface area contributed by atoms with E-state index in [1.54, 1.807) is 11.8 Å². The predicted octanol–water partition coefficient (Wildman–Crippen LogP) is 1.98. The molecule has 1 saturated heterocycles. The number of rotatable bonds is 4. The van der Waals surface area contributed by atoms with E-state index in [2.05, 4.69) is 22.3 Å². The van der Waals surface area contributed by atoms with Gasteiger partial charge in [0.1, 0.15) is 0 Å². The third-order valence-corrected chi connectivity index (χ3v) is 4.59. The lowest BCUT2D eigenvalue weighted by Gasteiger charge is -2.21. The first-order valence-electron chi connectivity index (χ1n) is 6.53. The van der Waals surface area contributed by atoms with Crippen molar-refractivity contribution in [3.8, 4) is 0 Å². The van der Waals surface area contributed by atoms with E-state index in [-0.39, 0.29) is 11.5 Å². The van der Waals surface area contributed by atoms with Crippen molar-refractivity contribution < 1.29 is 9.26 Å². The molecule has 0 radical (unpaired) electrons.